The Labute approximate surface area is 69.2 Å². The van der Waals surface area contributed by atoms with Gasteiger partial charge in [-0.15, -0.1) is 0 Å². The van der Waals surface area contributed by atoms with Crippen molar-refractivity contribution in [1.82, 2.24) is 4.90 Å². The number of aliphatic hydroxyl groups excluding tert-OH is 1. The Hall–Kier alpha value is -0.0800. The first kappa shape index (κ1) is 9.01. The molecular weight excluding hydrogens is 138 g/mol. The Kier molecular flexibility index (Phi) is 2.26. The molecule has 1 aliphatic rings. The third kappa shape index (κ3) is 1.74. The van der Waals surface area contributed by atoms with Crippen LogP contribution in [0.2, 0.25) is 0 Å². The number of hydrogen-bond donors (Lipinski definition) is 1. The summed E-state index contributed by atoms with van der Waals surface area (Å²) in [4.78, 5) is 2.32. The maximum Gasteiger partial charge on any atom is 0.0595 e. The van der Waals surface area contributed by atoms with E-state index in [0.717, 1.165) is 13.0 Å². The molecule has 0 bridgehead atoms. The molecule has 1 fully saturated rings. The van der Waals surface area contributed by atoms with Crippen LogP contribution in [0.3, 0.4) is 0 Å². The zero-order chi connectivity index (χ0) is 8.65. The fraction of sp³-hybridized carbons (Fsp3) is 1.00. The summed E-state index contributed by atoms with van der Waals surface area (Å²) in [6, 6.07) is 0. The molecule has 1 heterocycles. The second-order valence-electron chi connectivity index (χ2n) is 4.44. The maximum absolute atomic E-state index is 9.60. The molecule has 11 heavy (non-hydrogen) atoms. The van der Waals surface area contributed by atoms with Crippen LogP contribution in [-0.2, 0) is 0 Å². The van der Waals surface area contributed by atoms with Crippen molar-refractivity contribution < 1.29 is 5.11 Å². The SMILES string of the molecule is CC1CN(C)C(C)(C)CC1O. The minimum Gasteiger partial charge on any atom is -0.393 e. The van der Waals surface area contributed by atoms with Gasteiger partial charge in [0.2, 0.25) is 0 Å². The van der Waals surface area contributed by atoms with Crippen LogP contribution < -0.4 is 0 Å². The summed E-state index contributed by atoms with van der Waals surface area (Å²) in [7, 11) is 2.13. The minimum atomic E-state index is -0.110. The standard InChI is InChI=1S/C9H19NO/c1-7-6-10(4)9(2,3)5-8(7)11/h7-8,11H,5-6H2,1-4H3. The van der Waals surface area contributed by atoms with Crippen LogP contribution in [0.5, 0.6) is 0 Å². The molecule has 1 N–H and O–H groups in total. The topological polar surface area (TPSA) is 23.5 Å². The minimum absolute atomic E-state index is 0.110. The molecule has 1 saturated heterocycles. The maximum atomic E-state index is 9.60. The van der Waals surface area contributed by atoms with Gasteiger partial charge in [-0.3, -0.25) is 0 Å². The summed E-state index contributed by atoms with van der Waals surface area (Å²) in [5.74, 6) is 0.424. The van der Waals surface area contributed by atoms with Crippen LogP contribution in [0.1, 0.15) is 27.2 Å². The van der Waals surface area contributed by atoms with Crippen LogP contribution in [0.4, 0.5) is 0 Å². The van der Waals surface area contributed by atoms with E-state index in [9.17, 15) is 5.11 Å². The van der Waals surface area contributed by atoms with Crippen molar-refractivity contribution >= 4 is 0 Å². The lowest BCUT2D eigenvalue weighted by Crippen LogP contribution is -2.52. The molecule has 0 saturated carbocycles. The molecule has 2 atom stereocenters. The van der Waals surface area contributed by atoms with Crippen molar-refractivity contribution in [1.29, 1.82) is 0 Å². The smallest absolute Gasteiger partial charge is 0.0595 e. The lowest BCUT2D eigenvalue weighted by molar-refractivity contribution is -0.0242. The predicted octanol–water partition coefficient (Wildman–Crippen LogP) is 1.10. The number of hydrogen-bond acceptors (Lipinski definition) is 2. The van der Waals surface area contributed by atoms with E-state index >= 15 is 0 Å². The fourth-order valence-electron chi connectivity index (χ4n) is 1.67. The van der Waals surface area contributed by atoms with E-state index in [1.807, 2.05) is 0 Å². The van der Waals surface area contributed by atoms with E-state index in [1.165, 1.54) is 0 Å². The van der Waals surface area contributed by atoms with Gasteiger partial charge in [-0.1, -0.05) is 6.92 Å². The Morgan fingerprint density at radius 3 is 2.45 bits per heavy atom. The van der Waals surface area contributed by atoms with E-state index in [0.29, 0.717) is 5.92 Å². The van der Waals surface area contributed by atoms with E-state index in [2.05, 4.69) is 32.7 Å². The first-order valence-corrected chi connectivity index (χ1v) is 4.33. The third-order valence-corrected chi connectivity index (χ3v) is 2.96. The molecule has 2 unspecified atom stereocenters. The summed E-state index contributed by atoms with van der Waals surface area (Å²) in [6.45, 7) is 7.48. The highest BCUT2D eigenvalue weighted by Gasteiger charge is 2.35. The third-order valence-electron chi connectivity index (χ3n) is 2.96. The van der Waals surface area contributed by atoms with Gasteiger partial charge >= 0.3 is 0 Å². The van der Waals surface area contributed by atoms with Crippen molar-refractivity contribution in [2.75, 3.05) is 13.6 Å². The van der Waals surface area contributed by atoms with Gasteiger partial charge in [0.05, 0.1) is 6.10 Å². The number of piperidine rings is 1. The summed E-state index contributed by atoms with van der Waals surface area (Å²) in [5, 5.41) is 9.60. The molecule has 2 heteroatoms. The highest BCUT2D eigenvalue weighted by atomic mass is 16.3. The molecule has 0 radical (unpaired) electrons. The largest absolute Gasteiger partial charge is 0.393 e. The van der Waals surface area contributed by atoms with Gasteiger partial charge in [0.1, 0.15) is 0 Å². The Bertz CT molecular complexity index is 144. The fourth-order valence-corrected chi connectivity index (χ4v) is 1.67. The lowest BCUT2D eigenvalue weighted by atomic mass is 9.84. The molecule has 0 aromatic rings. The van der Waals surface area contributed by atoms with Crippen LogP contribution in [0.15, 0.2) is 0 Å². The number of nitrogens with zero attached hydrogens (tertiary/aromatic N) is 1. The van der Waals surface area contributed by atoms with Gasteiger partial charge in [-0.05, 0) is 33.2 Å². The molecule has 0 aliphatic carbocycles. The second-order valence-corrected chi connectivity index (χ2v) is 4.44. The molecule has 66 valence electrons. The number of rotatable bonds is 0. The molecule has 0 amide bonds. The molecule has 0 spiro atoms. The lowest BCUT2D eigenvalue weighted by Gasteiger charge is -2.45. The molecular formula is C9H19NO. The van der Waals surface area contributed by atoms with Crippen molar-refractivity contribution in [3.05, 3.63) is 0 Å². The molecule has 0 aromatic heterocycles. The van der Waals surface area contributed by atoms with Gasteiger partial charge in [0, 0.05) is 12.1 Å². The monoisotopic (exact) mass is 157 g/mol. The Balaban J connectivity index is 2.63. The molecule has 1 rings (SSSR count). The van der Waals surface area contributed by atoms with Gasteiger partial charge in [0.25, 0.3) is 0 Å². The first-order valence-electron chi connectivity index (χ1n) is 4.33. The molecule has 0 aromatic carbocycles. The molecule has 1 aliphatic heterocycles. The average molecular weight is 157 g/mol. The van der Waals surface area contributed by atoms with Gasteiger partial charge in [-0.25, -0.2) is 0 Å². The van der Waals surface area contributed by atoms with E-state index < -0.39 is 0 Å². The van der Waals surface area contributed by atoms with Crippen LogP contribution >= 0.6 is 0 Å². The second kappa shape index (κ2) is 2.76. The van der Waals surface area contributed by atoms with E-state index in [4.69, 9.17) is 0 Å². The molecule has 2 nitrogen and oxygen atoms in total. The van der Waals surface area contributed by atoms with Gasteiger partial charge in [-0.2, -0.15) is 0 Å². The number of aliphatic hydroxyl groups is 1. The average Bonchev–Trinajstić information content (AvgIpc) is 1.83. The summed E-state index contributed by atoms with van der Waals surface area (Å²) in [5.41, 5.74) is 0.173. The van der Waals surface area contributed by atoms with Crippen molar-refractivity contribution in [2.45, 2.75) is 38.8 Å². The highest BCUT2D eigenvalue weighted by Crippen LogP contribution is 2.28. The van der Waals surface area contributed by atoms with Crippen molar-refractivity contribution in [3.63, 3.8) is 0 Å². The van der Waals surface area contributed by atoms with E-state index in [-0.39, 0.29) is 11.6 Å². The quantitative estimate of drug-likeness (QED) is 0.569. The summed E-state index contributed by atoms with van der Waals surface area (Å²) < 4.78 is 0. The summed E-state index contributed by atoms with van der Waals surface area (Å²) >= 11 is 0. The Morgan fingerprint density at radius 1 is 1.45 bits per heavy atom. The zero-order valence-electron chi connectivity index (χ0n) is 7.96. The van der Waals surface area contributed by atoms with E-state index in [1.54, 1.807) is 0 Å². The van der Waals surface area contributed by atoms with Crippen LogP contribution in [0, 0.1) is 5.92 Å². The zero-order valence-corrected chi connectivity index (χ0v) is 7.96. The highest BCUT2D eigenvalue weighted by molar-refractivity contribution is 4.90. The van der Waals surface area contributed by atoms with Gasteiger partial charge < -0.3 is 10.0 Å². The first-order chi connectivity index (χ1) is 4.93. The van der Waals surface area contributed by atoms with Gasteiger partial charge in [0.15, 0.2) is 0 Å². The summed E-state index contributed by atoms with van der Waals surface area (Å²) in [6.07, 6.45) is 0.784. The van der Waals surface area contributed by atoms with Crippen molar-refractivity contribution in [2.24, 2.45) is 5.92 Å². The van der Waals surface area contributed by atoms with Crippen LogP contribution in [0.25, 0.3) is 0 Å². The van der Waals surface area contributed by atoms with Crippen LogP contribution in [-0.4, -0.2) is 35.2 Å². The van der Waals surface area contributed by atoms with Crippen molar-refractivity contribution in [3.8, 4) is 0 Å². The predicted molar refractivity (Wildman–Crippen MR) is 46.5 cm³/mol. The normalized spacial score (nSPS) is 39.0. The number of likely N-dealkylation sites (tertiary alicyclic amines) is 1. The Morgan fingerprint density at radius 2 is 2.00 bits per heavy atom.